The molecule has 100 valence electrons. The van der Waals surface area contributed by atoms with E-state index in [4.69, 9.17) is 16.3 Å². The van der Waals surface area contributed by atoms with Crippen LogP contribution in [0.2, 0.25) is 0 Å². The number of benzene rings is 1. The van der Waals surface area contributed by atoms with Gasteiger partial charge in [-0.15, -0.1) is 11.6 Å². The van der Waals surface area contributed by atoms with E-state index in [0.29, 0.717) is 13.0 Å². The SMILES string of the molecule is CCCCOCCC(Cl)C(=O)Nc1ccccc1. The lowest BCUT2D eigenvalue weighted by Gasteiger charge is -2.10. The van der Waals surface area contributed by atoms with E-state index in [1.54, 1.807) is 0 Å². The molecule has 0 aromatic heterocycles. The minimum absolute atomic E-state index is 0.179. The van der Waals surface area contributed by atoms with Crippen LogP contribution in [-0.4, -0.2) is 24.5 Å². The topological polar surface area (TPSA) is 38.3 Å². The smallest absolute Gasteiger partial charge is 0.242 e. The van der Waals surface area contributed by atoms with E-state index >= 15 is 0 Å². The van der Waals surface area contributed by atoms with E-state index in [2.05, 4.69) is 12.2 Å². The highest BCUT2D eigenvalue weighted by atomic mass is 35.5. The van der Waals surface area contributed by atoms with Crippen molar-refractivity contribution in [3.8, 4) is 0 Å². The number of ether oxygens (including phenoxy) is 1. The van der Waals surface area contributed by atoms with Crippen LogP contribution in [0.1, 0.15) is 26.2 Å². The number of unbranched alkanes of at least 4 members (excludes halogenated alkanes) is 1. The number of hydrogen-bond donors (Lipinski definition) is 1. The van der Waals surface area contributed by atoms with Gasteiger partial charge in [0.25, 0.3) is 0 Å². The molecule has 1 aromatic rings. The first-order valence-electron chi connectivity index (χ1n) is 6.31. The molecule has 0 saturated heterocycles. The molecule has 0 bridgehead atoms. The van der Waals surface area contributed by atoms with Crippen LogP contribution in [0.15, 0.2) is 30.3 Å². The maximum absolute atomic E-state index is 11.7. The van der Waals surface area contributed by atoms with Gasteiger partial charge in [0, 0.05) is 18.9 Å². The maximum Gasteiger partial charge on any atom is 0.242 e. The van der Waals surface area contributed by atoms with E-state index in [1.165, 1.54) is 0 Å². The molecule has 0 fully saturated rings. The first kappa shape index (κ1) is 15.0. The van der Waals surface area contributed by atoms with Crippen LogP contribution in [0.4, 0.5) is 5.69 Å². The van der Waals surface area contributed by atoms with Gasteiger partial charge in [0.1, 0.15) is 5.38 Å². The Morgan fingerprint density at radius 2 is 2.06 bits per heavy atom. The van der Waals surface area contributed by atoms with Gasteiger partial charge < -0.3 is 10.1 Å². The Labute approximate surface area is 113 Å². The zero-order valence-electron chi connectivity index (χ0n) is 10.7. The van der Waals surface area contributed by atoms with Gasteiger partial charge in [-0.05, 0) is 25.0 Å². The highest BCUT2D eigenvalue weighted by Crippen LogP contribution is 2.10. The second-order valence-electron chi connectivity index (χ2n) is 4.08. The normalized spacial score (nSPS) is 12.1. The quantitative estimate of drug-likeness (QED) is 0.580. The van der Waals surface area contributed by atoms with Crippen LogP contribution in [0.25, 0.3) is 0 Å². The van der Waals surface area contributed by atoms with E-state index in [-0.39, 0.29) is 5.91 Å². The highest BCUT2D eigenvalue weighted by molar-refractivity contribution is 6.32. The van der Waals surface area contributed by atoms with Gasteiger partial charge in [0.05, 0.1) is 0 Å². The first-order chi connectivity index (χ1) is 8.74. The number of rotatable bonds is 8. The van der Waals surface area contributed by atoms with Crippen molar-refractivity contribution >= 4 is 23.2 Å². The number of para-hydroxylation sites is 1. The lowest BCUT2D eigenvalue weighted by Crippen LogP contribution is -2.24. The zero-order chi connectivity index (χ0) is 13.2. The van der Waals surface area contributed by atoms with Gasteiger partial charge in [-0.1, -0.05) is 31.5 Å². The Balaban J connectivity index is 2.21. The third kappa shape index (κ3) is 6.03. The average Bonchev–Trinajstić information content (AvgIpc) is 2.39. The van der Waals surface area contributed by atoms with Crippen molar-refractivity contribution in [2.24, 2.45) is 0 Å². The van der Waals surface area contributed by atoms with Crippen LogP contribution in [0, 0.1) is 0 Å². The molecule has 0 spiro atoms. The fraction of sp³-hybridized carbons (Fsp3) is 0.500. The summed E-state index contributed by atoms with van der Waals surface area (Å²) in [5, 5.41) is 2.22. The third-order valence-electron chi connectivity index (χ3n) is 2.48. The summed E-state index contributed by atoms with van der Waals surface area (Å²) in [7, 11) is 0. The Morgan fingerprint density at radius 3 is 2.72 bits per heavy atom. The summed E-state index contributed by atoms with van der Waals surface area (Å²) in [6.45, 7) is 3.37. The van der Waals surface area contributed by atoms with E-state index in [1.807, 2.05) is 30.3 Å². The van der Waals surface area contributed by atoms with Crippen molar-refractivity contribution < 1.29 is 9.53 Å². The number of amides is 1. The molecule has 1 unspecified atom stereocenters. The summed E-state index contributed by atoms with van der Waals surface area (Å²) in [4.78, 5) is 11.7. The lowest BCUT2D eigenvalue weighted by molar-refractivity contribution is -0.116. The molecule has 0 aliphatic rings. The Morgan fingerprint density at radius 1 is 1.33 bits per heavy atom. The minimum atomic E-state index is -0.549. The summed E-state index contributed by atoms with van der Waals surface area (Å²) in [5.74, 6) is -0.179. The van der Waals surface area contributed by atoms with Crippen LogP contribution in [0.5, 0.6) is 0 Å². The van der Waals surface area contributed by atoms with Crippen molar-refractivity contribution in [3.63, 3.8) is 0 Å². The van der Waals surface area contributed by atoms with Gasteiger partial charge >= 0.3 is 0 Å². The van der Waals surface area contributed by atoms with Crippen LogP contribution < -0.4 is 5.32 Å². The molecule has 4 heteroatoms. The monoisotopic (exact) mass is 269 g/mol. The van der Waals surface area contributed by atoms with Crippen molar-refractivity contribution in [1.82, 2.24) is 0 Å². The molecule has 1 N–H and O–H groups in total. The molecule has 1 aromatic carbocycles. The summed E-state index contributed by atoms with van der Waals surface area (Å²) in [5.41, 5.74) is 0.764. The van der Waals surface area contributed by atoms with Crippen LogP contribution in [0.3, 0.4) is 0 Å². The second kappa shape index (κ2) is 8.95. The fourth-order valence-corrected chi connectivity index (χ4v) is 1.55. The van der Waals surface area contributed by atoms with Gasteiger partial charge in [0.15, 0.2) is 0 Å². The van der Waals surface area contributed by atoms with Gasteiger partial charge in [-0.3, -0.25) is 4.79 Å². The Bertz CT molecular complexity index is 343. The molecule has 0 radical (unpaired) electrons. The molecule has 3 nitrogen and oxygen atoms in total. The van der Waals surface area contributed by atoms with Crippen LogP contribution in [-0.2, 0) is 9.53 Å². The number of carbonyl (C=O) groups excluding carboxylic acids is 1. The molecule has 0 heterocycles. The van der Waals surface area contributed by atoms with E-state index in [9.17, 15) is 4.79 Å². The summed E-state index contributed by atoms with van der Waals surface area (Å²) < 4.78 is 5.38. The number of hydrogen-bond acceptors (Lipinski definition) is 2. The number of halogens is 1. The van der Waals surface area contributed by atoms with Crippen molar-refractivity contribution in [2.45, 2.75) is 31.6 Å². The minimum Gasteiger partial charge on any atom is -0.381 e. The van der Waals surface area contributed by atoms with Gasteiger partial charge in [0.2, 0.25) is 5.91 Å². The zero-order valence-corrected chi connectivity index (χ0v) is 11.5. The molecule has 1 atom stereocenters. The summed E-state index contributed by atoms with van der Waals surface area (Å²) in [6, 6.07) is 9.30. The number of nitrogens with one attached hydrogen (secondary N) is 1. The van der Waals surface area contributed by atoms with Crippen molar-refractivity contribution in [1.29, 1.82) is 0 Å². The molecular weight excluding hydrogens is 250 g/mol. The number of alkyl halides is 1. The average molecular weight is 270 g/mol. The molecule has 1 amide bonds. The van der Waals surface area contributed by atoms with Crippen molar-refractivity contribution in [2.75, 3.05) is 18.5 Å². The number of carbonyl (C=O) groups is 1. The molecule has 1 rings (SSSR count). The molecule has 0 aliphatic carbocycles. The standard InChI is InChI=1S/C14H20ClNO2/c1-2-3-10-18-11-9-13(15)14(17)16-12-7-5-4-6-8-12/h4-8,13H,2-3,9-11H2,1H3,(H,16,17). The van der Waals surface area contributed by atoms with Gasteiger partial charge in [-0.25, -0.2) is 0 Å². The van der Waals surface area contributed by atoms with Crippen molar-refractivity contribution in [3.05, 3.63) is 30.3 Å². The Hall–Kier alpha value is -1.06. The highest BCUT2D eigenvalue weighted by Gasteiger charge is 2.14. The summed E-state index contributed by atoms with van der Waals surface area (Å²) >= 11 is 6.00. The third-order valence-corrected chi connectivity index (χ3v) is 2.90. The predicted molar refractivity (Wildman–Crippen MR) is 75.1 cm³/mol. The van der Waals surface area contributed by atoms with E-state index < -0.39 is 5.38 Å². The largest absolute Gasteiger partial charge is 0.381 e. The van der Waals surface area contributed by atoms with Gasteiger partial charge in [-0.2, -0.15) is 0 Å². The Kier molecular flexibility index (Phi) is 7.46. The fourth-order valence-electron chi connectivity index (χ4n) is 1.41. The summed E-state index contributed by atoms with van der Waals surface area (Å²) in [6.07, 6.45) is 2.69. The molecule has 0 aliphatic heterocycles. The molecule has 18 heavy (non-hydrogen) atoms. The lowest BCUT2D eigenvalue weighted by atomic mass is 10.2. The molecular formula is C14H20ClNO2. The number of anilines is 1. The predicted octanol–water partition coefficient (Wildman–Crippen LogP) is 3.44. The maximum atomic E-state index is 11.7. The van der Waals surface area contributed by atoms with Crippen LogP contribution >= 0.6 is 11.6 Å². The van der Waals surface area contributed by atoms with E-state index in [0.717, 1.165) is 25.1 Å². The second-order valence-corrected chi connectivity index (χ2v) is 4.60. The molecule has 0 saturated carbocycles. The first-order valence-corrected chi connectivity index (χ1v) is 6.75.